The normalized spacial score (nSPS) is 12.8. The maximum Gasteiger partial charge on any atom is 0.416 e. The number of H-pyrrole nitrogens is 1. The number of hydrogen-bond acceptors (Lipinski definition) is 5. The van der Waals surface area contributed by atoms with Crippen LogP contribution in [0.4, 0.5) is 34.8 Å². The fourth-order valence-corrected chi connectivity index (χ4v) is 3.83. The first-order valence-electron chi connectivity index (χ1n) is 9.40. The largest absolute Gasteiger partial charge is 0.416 e. The lowest BCUT2D eigenvalue weighted by atomic mass is 10.1. The Labute approximate surface area is 193 Å². The number of alkyl halides is 3. The second-order valence-electron chi connectivity index (χ2n) is 7.10. The van der Waals surface area contributed by atoms with Gasteiger partial charge in [-0.05, 0) is 36.4 Å². The number of aromatic amines is 1. The van der Waals surface area contributed by atoms with Gasteiger partial charge in [-0.2, -0.15) is 13.2 Å². The van der Waals surface area contributed by atoms with Gasteiger partial charge in [-0.15, -0.1) is 0 Å². The second-order valence-corrected chi connectivity index (χ2v) is 7.91. The Morgan fingerprint density at radius 1 is 1.09 bits per heavy atom. The molecule has 2 aromatic carbocycles. The molecule has 0 aliphatic heterocycles. The zero-order chi connectivity index (χ0) is 23.9. The van der Waals surface area contributed by atoms with Gasteiger partial charge in [0.1, 0.15) is 11.6 Å². The van der Waals surface area contributed by atoms with E-state index in [2.05, 4.69) is 20.6 Å². The van der Waals surface area contributed by atoms with Crippen molar-refractivity contribution in [3.05, 3.63) is 68.8 Å². The van der Waals surface area contributed by atoms with Crippen molar-refractivity contribution in [1.29, 1.82) is 0 Å². The van der Waals surface area contributed by atoms with E-state index in [0.717, 1.165) is 12.1 Å². The monoisotopic (exact) mass is 500 g/mol. The van der Waals surface area contributed by atoms with Crippen molar-refractivity contribution in [3.63, 3.8) is 0 Å². The highest BCUT2D eigenvalue weighted by Gasteiger charge is 2.37. The van der Waals surface area contributed by atoms with Crippen LogP contribution in [-0.4, -0.2) is 33.9 Å². The molecule has 0 amide bonds. The second kappa shape index (κ2) is 8.69. The lowest BCUT2D eigenvalue weighted by Crippen LogP contribution is -2.34. The van der Waals surface area contributed by atoms with Crippen molar-refractivity contribution in [2.45, 2.75) is 12.3 Å². The molecule has 4 aromatic rings. The molecule has 0 aliphatic carbocycles. The Kier molecular flexibility index (Phi) is 6.08. The number of benzene rings is 2. The van der Waals surface area contributed by atoms with Crippen LogP contribution in [0.2, 0.25) is 10.0 Å². The van der Waals surface area contributed by atoms with Crippen molar-refractivity contribution in [3.8, 4) is 0 Å². The zero-order valence-electron chi connectivity index (χ0n) is 16.4. The van der Waals surface area contributed by atoms with E-state index in [9.17, 15) is 27.5 Å². The average Bonchev–Trinajstić information content (AvgIpc) is 2.73. The minimum Gasteiger partial charge on any atom is -0.382 e. The van der Waals surface area contributed by atoms with E-state index in [1.54, 1.807) is 6.07 Å². The summed E-state index contributed by atoms with van der Waals surface area (Å²) in [6, 6.07) is 8.14. The summed E-state index contributed by atoms with van der Waals surface area (Å²) >= 11 is 12.2. The van der Waals surface area contributed by atoms with Crippen LogP contribution < -0.4 is 16.2 Å². The number of anilines is 3. The molecule has 2 heterocycles. The van der Waals surface area contributed by atoms with Crippen molar-refractivity contribution >= 4 is 62.1 Å². The number of halogens is 6. The van der Waals surface area contributed by atoms with Crippen LogP contribution in [-0.2, 0) is 0 Å². The van der Waals surface area contributed by atoms with Crippen LogP contribution >= 0.6 is 23.2 Å². The number of aliphatic hydroxyl groups is 1. The lowest BCUT2D eigenvalue weighted by molar-refractivity contribution is -0.198. The molecule has 0 bridgehead atoms. The van der Waals surface area contributed by atoms with Gasteiger partial charge in [0.2, 0.25) is 0 Å². The van der Waals surface area contributed by atoms with E-state index >= 15 is 0 Å². The molecule has 2 aromatic heterocycles. The molecule has 1 unspecified atom stereocenters. The first-order chi connectivity index (χ1) is 15.5. The average molecular weight is 501 g/mol. The molecule has 1 atom stereocenters. The Morgan fingerprint density at radius 3 is 2.45 bits per heavy atom. The van der Waals surface area contributed by atoms with E-state index in [1.165, 1.54) is 24.4 Å². The third-order valence-electron chi connectivity index (χ3n) is 4.84. The van der Waals surface area contributed by atoms with Gasteiger partial charge in [0, 0.05) is 29.2 Å². The molecule has 4 N–H and O–H groups in total. The summed E-state index contributed by atoms with van der Waals surface area (Å²) in [4.78, 5) is 19.7. The molecule has 6 nitrogen and oxygen atoms in total. The third kappa shape index (κ3) is 4.68. The molecule has 0 fully saturated rings. The predicted octanol–water partition coefficient (Wildman–Crippen LogP) is 5.60. The van der Waals surface area contributed by atoms with Crippen molar-refractivity contribution in [1.82, 2.24) is 9.97 Å². The highest BCUT2D eigenvalue weighted by atomic mass is 35.5. The highest BCUT2D eigenvalue weighted by Crippen LogP contribution is 2.36. The standard InChI is InChI=1S/C21H14Cl2F4N4O2/c22-13-5-9(24)6-14(23)18(13)31-19-11-3-4-28-20(33)17(11)12-7-10(1-2-15(12)30-19)29-8-16(32)21(25,26)27/h1-7,16,29,32H,8H2,(H,28,33)(H,30,31). The van der Waals surface area contributed by atoms with Gasteiger partial charge in [-0.3, -0.25) is 4.79 Å². The minimum absolute atomic E-state index is 0.00246. The fourth-order valence-electron chi connectivity index (χ4n) is 3.27. The summed E-state index contributed by atoms with van der Waals surface area (Å²) in [6.07, 6.45) is -5.92. The maximum absolute atomic E-state index is 13.5. The summed E-state index contributed by atoms with van der Waals surface area (Å²) in [5, 5.41) is 15.6. The SMILES string of the molecule is O=c1[nH]ccc2c(Nc3c(Cl)cc(F)cc3Cl)nc3ccc(NCC(O)C(F)(F)F)cc3c12. The molecule has 0 saturated heterocycles. The van der Waals surface area contributed by atoms with E-state index in [4.69, 9.17) is 23.2 Å². The summed E-state index contributed by atoms with van der Waals surface area (Å²) in [6.45, 7) is -0.766. The topological polar surface area (TPSA) is 90.0 Å². The van der Waals surface area contributed by atoms with E-state index in [-0.39, 0.29) is 32.6 Å². The number of rotatable bonds is 5. The van der Waals surface area contributed by atoms with Crippen LogP contribution in [0.3, 0.4) is 0 Å². The molecule has 4 rings (SSSR count). The Morgan fingerprint density at radius 2 is 1.79 bits per heavy atom. The molecule has 0 aliphatic rings. The smallest absolute Gasteiger partial charge is 0.382 e. The van der Waals surface area contributed by atoms with Gasteiger partial charge in [0.05, 0.1) is 26.6 Å². The van der Waals surface area contributed by atoms with Crippen LogP contribution in [0, 0.1) is 5.82 Å². The van der Waals surface area contributed by atoms with Crippen molar-refractivity contribution in [2.24, 2.45) is 0 Å². The molecular formula is C21H14Cl2F4N4O2. The Bertz CT molecular complexity index is 1400. The van der Waals surface area contributed by atoms with Gasteiger partial charge >= 0.3 is 6.18 Å². The molecule has 12 heteroatoms. The number of nitrogens with one attached hydrogen (secondary N) is 3. The van der Waals surface area contributed by atoms with Crippen LogP contribution in [0.1, 0.15) is 0 Å². The first-order valence-corrected chi connectivity index (χ1v) is 10.2. The molecule has 0 spiro atoms. The quantitative estimate of drug-likeness (QED) is 0.211. The highest BCUT2D eigenvalue weighted by molar-refractivity contribution is 6.39. The number of aromatic nitrogens is 2. The summed E-state index contributed by atoms with van der Waals surface area (Å²) < 4.78 is 51.3. The van der Waals surface area contributed by atoms with Gasteiger partial charge in [-0.1, -0.05) is 23.2 Å². The molecule has 0 saturated carbocycles. The molecule has 33 heavy (non-hydrogen) atoms. The number of aliphatic hydroxyl groups excluding tert-OH is 1. The van der Waals surface area contributed by atoms with E-state index < -0.39 is 30.2 Å². The first kappa shape index (κ1) is 23.1. The number of hydrogen-bond donors (Lipinski definition) is 4. The van der Waals surface area contributed by atoms with Crippen LogP contribution in [0.15, 0.2) is 47.4 Å². The zero-order valence-corrected chi connectivity index (χ0v) is 17.9. The van der Waals surface area contributed by atoms with Crippen LogP contribution in [0.5, 0.6) is 0 Å². The van der Waals surface area contributed by atoms with E-state index in [1.807, 2.05) is 0 Å². The minimum atomic E-state index is -4.77. The van der Waals surface area contributed by atoms with Crippen molar-refractivity contribution in [2.75, 3.05) is 17.2 Å². The molecule has 172 valence electrons. The van der Waals surface area contributed by atoms with Crippen LogP contribution in [0.25, 0.3) is 21.7 Å². The fraction of sp³-hybridized carbons (Fsp3) is 0.143. The molecule has 0 radical (unpaired) electrons. The van der Waals surface area contributed by atoms with Gasteiger partial charge in [0.15, 0.2) is 6.10 Å². The van der Waals surface area contributed by atoms with Gasteiger partial charge < -0.3 is 20.7 Å². The number of nitrogens with zero attached hydrogens (tertiary/aromatic N) is 1. The molecular weight excluding hydrogens is 487 g/mol. The third-order valence-corrected chi connectivity index (χ3v) is 5.44. The summed E-state index contributed by atoms with van der Waals surface area (Å²) in [7, 11) is 0. The Hall–Kier alpha value is -3.08. The number of fused-ring (bicyclic) bond motifs is 3. The van der Waals surface area contributed by atoms with Crippen molar-refractivity contribution < 1.29 is 22.7 Å². The maximum atomic E-state index is 13.5. The van der Waals surface area contributed by atoms with Gasteiger partial charge in [-0.25, -0.2) is 9.37 Å². The Balaban J connectivity index is 1.81. The predicted molar refractivity (Wildman–Crippen MR) is 120 cm³/mol. The van der Waals surface area contributed by atoms with Gasteiger partial charge in [0.25, 0.3) is 5.56 Å². The van der Waals surface area contributed by atoms with E-state index in [0.29, 0.717) is 16.3 Å². The summed E-state index contributed by atoms with van der Waals surface area (Å²) in [5.74, 6) is -0.411. The summed E-state index contributed by atoms with van der Waals surface area (Å²) in [5.41, 5.74) is 0.319. The number of pyridine rings is 2. The lowest BCUT2D eigenvalue weighted by Gasteiger charge is -2.17.